The van der Waals surface area contributed by atoms with E-state index in [0.29, 0.717) is 32.2 Å². The maximum atomic E-state index is 12.6. The molecule has 623 valence electrons. The summed E-state index contributed by atoms with van der Waals surface area (Å²) in [5, 5.41) is 12.8. The summed E-state index contributed by atoms with van der Waals surface area (Å²) in [6.07, 6.45) is 7.08. The number of sulfone groups is 1. The Morgan fingerprint density at radius 2 is 0.734 bits per heavy atom. The predicted molar refractivity (Wildman–Crippen MR) is 516 cm³/mol. The SMILES string of the molecule is C[Si](C)(C)c1ccc(-c2[c-]cc3c(c2)-c2ccccc2S3(=O)=O)nc1.C[Si](C)(C)c1ccc(-c2[c-]cc3c(c2)-c2ccccc2[Si]3(C)C)nc1.C[Si](C)(C)c1ccc(-c2[c-]cc3c(c2)-c2ccccc2[Si]3(c2ccccc2)c2ccccc2)nc1.[2H]c1[c-]c(-c2ccccn2)c([2H])c([2H])c1[2H].[2H]c1nc(-c2[c-]cccc2)c([2H])c([2H])c1[2H].[2H]c1nc(-c2[c-]cccc2)c([2H])c([2H])c1[2H].[Ir].[Ir].[Ir]. The van der Waals surface area contributed by atoms with Gasteiger partial charge in [-0.1, -0.05) is 304 Å². The average Bonchev–Trinajstić information content (AvgIpc) is 1.53. The molecule has 9 heterocycles. The van der Waals surface area contributed by atoms with E-state index in [2.05, 4.69) is 305 Å². The zero-order chi connectivity index (χ0) is 94.8. The molecule has 6 aromatic heterocycles. The van der Waals surface area contributed by atoms with Gasteiger partial charge in [0, 0.05) is 100 Å². The van der Waals surface area contributed by atoms with Gasteiger partial charge in [-0.3, -0.25) is 0 Å². The molecule has 0 spiro atoms. The number of aromatic nitrogens is 6. The molecule has 3 radical (unpaired) electrons. The van der Waals surface area contributed by atoms with Crippen molar-refractivity contribution in [2.45, 2.75) is 81.8 Å². The fourth-order valence-corrected chi connectivity index (χ4v) is 28.0. The molecule has 0 saturated heterocycles. The van der Waals surface area contributed by atoms with E-state index in [1.165, 1.54) is 68.9 Å². The second kappa shape index (κ2) is 40.5. The van der Waals surface area contributed by atoms with Crippen molar-refractivity contribution in [3.63, 3.8) is 0 Å². The van der Waals surface area contributed by atoms with E-state index in [1.807, 2.05) is 30.5 Å². The molecule has 11 aromatic carbocycles. The number of hydrogen-bond acceptors (Lipinski definition) is 8. The first-order valence-corrected chi connectivity index (χ1v) is 56.9. The molecular formula is C107H94Ir3N6O2SSi5-6. The van der Waals surface area contributed by atoms with Crippen LogP contribution < -0.4 is 46.7 Å². The summed E-state index contributed by atoms with van der Waals surface area (Å²) < 4.78 is 115. The molecule has 0 atom stereocenters. The molecule has 0 N–H and O–H groups in total. The molecule has 0 saturated carbocycles. The monoisotopic (exact) mass is 2260 g/mol. The predicted octanol–water partition coefficient (Wildman–Crippen LogP) is 19.9. The van der Waals surface area contributed by atoms with Crippen LogP contribution >= 0.6 is 0 Å². The Balaban J connectivity index is 0.000000150. The maximum Gasteiger partial charge on any atom is 0.173 e. The smallest absolute Gasteiger partial charge is 0.173 e. The molecule has 0 bridgehead atoms. The van der Waals surface area contributed by atoms with E-state index in [-0.39, 0.29) is 144 Å². The first-order valence-electron chi connectivity index (χ1n) is 45.9. The summed E-state index contributed by atoms with van der Waals surface area (Å²) in [5.41, 5.74) is 15.1. The Bertz CT molecular complexity index is 7060. The Hall–Kier alpha value is -10.7. The molecular weight excluding hydrogens is 2150 g/mol. The molecule has 0 aliphatic carbocycles. The van der Waals surface area contributed by atoms with Crippen LogP contribution in [0, 0.1) is 36.4 Å². The largest absolute Gasteiger partial charge is 0.305 e. The molecule has 3 aliphatic heterocycles. The standard InChI is InChI=1S/C32H28NSi2.C22H24NSi2.C20H18NO2SSi.3C11H8N.3Ir/c1-34(2,3)27-19-20-30(33-23-27)24-18-21-32-29(22-24)28-16-10-11-17-31(28)35(32,25-12-6-4-7-13-25)26-14-8-5-9-15-26;1-24(2,3)17-11-12-20(23-15-17)16-10-13-22-19(14-16)18-8-6-7-9-21(18)25(22,4)5;1-25(2,3)15-9-10-18(21-13-15)14-8-11-20-17(12-14)16-6-4-5-7-19(16)24(20,22)23;3*1-2-6-10(7-3-1)11-8-4-5-9-12-11;;;/h4-17,19-23H,1-3H3;6-9,11-15H,1-5H3;4-7,9-13H,1-3H3;3*1-6,8-9H;;;/q6*-1;;;/i;;;2*4D,5D,8D,9D;1D,2D,3D,6D;;;. The second-order valence-corrected chi connectivity index (χ2v) is 58.1. The number of rotatable bonds is 11. The summed E-state index contributed by atoms with van der Waals surface area (Å²) in [7, 11) is -11.5. The van der Waals surface area contributed by atoms with Crippen molar-refractivity contribution < 1.29 is 85.2 Å². The number of pyridine rings is 6. The molecule has 8 nitrogen and oxygen atoms in total. The minimum absolute atomic E-state index is 0. The summed E-state index contributed by atoms with van der Waals surface area (Å²) >= 11 is 0. The third-order valence-electron chi connectivity index (χ3n) is 21.6. The number of nitrogens with zero attached hydrogens (tertiary/aromatic N) is 6. The van der Waals surface area contributed by atoms with Crippen LogP contribution in [0.1, 0.15) is 16.4 Å². The van der Waals surface area contributed by atoms with Gasteiger partial charge in [0.2, 0.25) is 0 Å². The molecule has 3 aliphatic rings. The van der Waals surface area contributed by atoms with Crippen molar-refractivity contribution >= 4 is 96.9 Å². The van der Waals surface area contributed by atoms with Crippen LogP contribution in [0.3, 0.4) is 0 Å². The summed E-state index contributed by atoms with van der Waals surface area (Å²) in [5.74, 6) is 0. The van der Waals surface area contributed by atoms with Crippen LogP contribution in [0.4, 0.5) is 0 Å². The van der Waals surface area contributed by atoms with E-state index in [1.54, 1.807) is 91.1 Å². The quantitative estimate of drug-likeness (QED) is 0.0930. The van der Waals surface area contributed by atoms with Gasteiger partial charge in [0.1, 0.15) is 8.07 Å². The minimum atomic E-state index is -3.44. The Labute approximate surface area is 795 Å². The van der Waals surface area contributed by atoms with Crippen molar-refractivity contribution in [1.82, 2.24) is 29.9 Å². The van der Waals surface area contributed by atoms with Gasteiger partial charge in [-0.15, -0.1) is 189 Å². The summed E-state index contributed by atoms with van der Waals surface area (Å²) in [6, 6.07) is 108. The van der Waals surface area contributed by atoms with Crippen molar-refractivity contribution in [3.05, 3.63) is 407 Å². The van der Waals surface area contributed by atoms with Crippen molar-refractivity contribution in [3.8, 4) is 101 Å². The number of benzene rings is 11. The number of fused-ring (bicyclic) bond motifs is 9. The first kappa shape index (κ1) is 76.9. The molecule has 0 unspecified atom stereocenters. The van der Waals surface area contributed by atoms with Crippen LogP contribution in [0.15, 0.2) is 380 Å². The maximum absolute atomic E-state index is 12.6. The molecule has 0 amide bonds. The van der Waals surface area contributed by atoms with Crippen LogP contribution in [-0.4, -0.2) is 78.7 Å². The summed E-state index contributed by atoms with van der Waals surface area (Å²) in [6.45, 7) is 25.9. The third kappa shape index (κ3) is 20.5. The van der Waals surface area contributed by atoms with Gasteiger partial charge in [0.05, 0.1) is 48.2 Å². The van der Waals surface area contributed by atoms with E-state index in [9.17, 15) is 8.42 Å². The van der Waals surface area contributed by atoms with Crippen LogP contribution in [0.25, 0.3) is 101 Å². The van der Waals surface area contributed by atoms with E-state index in [0.717, 1.165) is 44.9 Å². The molecule has 17 aromatic rings. The second-order valence-electron chi connectivity index (χ2n) is 32.9. The zero-order valence-corrected chi connectivity index (χ0v) is 83.2. The Morgan fingerprint density at radius 1 is 0.315 bits per heavy atom. The first-order chi connectivity index (χ1) is 63.4. The van der Waals surface area contributed by atoms with Crippen molar-refractivity contribution in [2.24, 2.45) is 0 Å². The van der Waals surface area contributed by atoms with Gasteiger partial charge >= 0.3 is 0 Å². The topological polar surface area (TPSA) is 111 Å². The van der Waals surface area contributed by atoms with Crippen molar-refractivity contribution in [2.75, 3.05) is 0 Å². The van der Waals surface area contributed by atoms with Gasteiger partial charge in [-0.25, -0.2) is 8.42 Å². The van der Waals surface area contributed by atoms with E-state index in [4.69, 9.17) is 26.4 Å². The number of hydrogen-bond donors (Lipinski definition) is 0. The van der Waals surface area contributed by atoms with E-state index < -0.39 is 50.2 Å². The third-order valence-corrected chi connectivity index (χ3v) is 37.9. The molecule has 124 heavy (non-hydrogen) atoms. The Kier molecular flexibility index (Phi) is 25.1. The molecule has 0 fully saturated rings. The van der Waals surface area contributed by atoms with Crippen molar-refractivity contribution in [1.29, 1.82) is 0 Å². The van der Waals surface area contributed by atoms with Gasteiger partial charge < -0.3 is 29.9 Å². The average molecular weight is 2260 g/mol. The minimum Gasteiger partial charge on any atom is -0.305 e. The zero-order valence-electron chi connectivity index (χ0n) is 82.2. The molecule has 20 rings (SSSR count). The van der Waals surface area contributed by atoms with Crippen LogP contribution in [0.2, 0.25) is 72.0 Å². The summed E-state index contributed by atoms with van der Waals surface area (Å²) in [4.78, 5) is 26.6. The van der Waals surface area contributed by atoms with Gasteiger partial charge in [0.25, 0.3) is 0 Å². The van der Waals surface area contributed by atoms with E-state index >= 15 is 0 Å². The van der Waals surface area contributed by atoms with Crippen LogP contribution in [-0.2, 0) is 70.2 Å². The fourth-order valence-electron chi connectivity index (χ4n) is 15.1. The fraction of sp³-hybridized carbons (Fsp3) is 0.103. The van der Waals surface area contributed by atoms with Gasteiger partial charge in [-0.05, 0) is 103 Å². The van der Waals surface area contributed by atoms with Gasteiger partial charge in [-0.2, -0.15) is 0 Å². The molecule has 17 heteroatoms. The van der Waals surface area contributed by atoms with Gasteiger partial charge in [0.15, 0.2) is 9.84 Å². The Morgan fingerprint density at radius 3 is 1.21 bits per heavy atom. The normalized spacial score (nSPS) is 14.1. The van der Waals surface area contributed by atoms with Crippen LogP contribution in [0.5, 0.6) is 0 Å².